The van der Waals surface area contributed by atoms with Crippen molar-refractivity contribution < 1.29 is 9.53 Å². The van der Waals surface area contributed by atoms with Crippen molar-refractivity contribution in [2.24, 2.45) is 16.3 Å². The van der Waals surface area contributed by atoms with Crippen LogP contribution in [0.25, 0.3) is 0 Å². The van der Waals surface area contributed by atoms with Gasteiger partial charge in [0, 0.05) is 45.8 Å². The van der Waals surface area contributed by atoms with E-state index in [0.717, 1.165) is 44.9 Å². The number of carbonyl (C=O) groups is 1. The number of nitrogens with zero attached hydrogens (tertiary/aromatic N) is 1. The second-order valence-corrected chi connectivity index (χ2v) is 7.84. The highest BCUT2D eigenvalue weighted by atomic mass is 16.5. The molecule has 0 spiro atoms. The largest absolute Gasteiger partial charge is 0.385 e. The first-order valence-electron chi connectivity index (χ1n) is 10.5. The first kappa shape index (κ1) is 21.0. The van der Waals surface area contributed by atoms with Crippen LogP contribution in [0, 0.1) is 11.3 Å². The summed E-state index contributed by atoms with van der Waals surface area (Å²) in [7, 11) is 1.77. The monoisotopic (exact) mass is 366 g/mol. The molecule has 0 radical (unpaired) electrons. The molecule has 0 aromatic carbocycles. The molecule has 2 fully saturated rings. The lowest BCUT2D eigenvalue weighted by Gasteiger charge is -2.40. The van der Waals surface area contributed by atoms with Crippen LogP contribution in [-0.2, 0) is 9.53 Å². The van der Waals surface area contributed by atoms with Crippen LogP contribution in [0.1, 0.15) is 64.7 Å². The van der Waals surface area contributed by atoms with E-state index in [4.69, 9.17) is 9.73 Å². The molecule has 0 heterocycles. The van der Waals surface area contributed by atoms with Crippen molar-refractivity contribution in [3.05, 3.63) is 0 Å². The molecule has 1 amide bonds. The van der Waals surface area contributed by atoms with Crippen LogP contribution in [0.15, 0.2) is 4.99 Å². The predicted molar refractivity (Wildman–Crippen MR) is 106 cm³/mol. The summed E-state index contributed by atoms with van der Waals surface area (Å²) in [6.45, 7) is 5.92. The van der Waals surface area contributed by atoms with Crippen molar-refractivity contribution in [1.29, 1.82) is 0 Å². The summed E-state index contributed by atoms with van der Waals surface area (Å²) < 4.78 is 5.26. The minimum Gasteiger partial charge on any atom is -0.385 e. The van der Waals surface area contributed by atoms with Crippen molar-refractivity contribution in [3.8, 4) is 0 Å². The van der Waals surface area contributed by atoms with Gasteiger partial charge in [-0.3, -0.25) is 9.79 Å². The summed E-state index contributed by atoms with van der Waals surface area (Å²) in [5.74, 6) is 1.30. The Morgan fingerprint density at radius 2 is 1.81 bits per heavy atom. The maximum Gasteiger partial charge on any atom is 0.223 e. The third kappa shape index (κ3) is 6.78. The Morgan fingerprint density at radius 3 is 2.42 bits per heavy atom. The second-order valence-electron chi connectivity index (χ2n) is 7.84. The average molecular weight is 367 g/mol. The molecule has 2 saturated carbocycles. The van der Waals surface area contributed by atoms with Gasteiger partial charge >= 0.3 is 0 Å². The van der Waals surface area contributed by atoms with Crippen LogP contribution in [0.5, 0.6) is 0 Å². The van der Waals surface area contributed by atoms with Crippen LogP contribution in [0.2, 0.25) is 0 Å². The first-order chi connectivity index (χ1) is 12.7. The van der Waals surface area contributed by atoms with Crippen molar-refractivity contribution in [2.45, 2.75) is 64.7 Å². The summed E-state index contributed by atoms with van der Waals surface area (Å²) in [6, 6.07) is 0. The highest BCUT2D eigenvalue weighted by Crippen LogP contribution is 2.44. The number of amides is 1. The predicted octanol–water partition coefficient (Wildman–Crippen LogP) is 2.44. The molecule has 6 heteroatoms. The molecule has 0 bridgehead atoms. The van der Waals surface area contributed by atoms with Crippen molar-refractivity contribution in [2.75, 3.05) is 39.9 Å². The summed E-state index contributed by atoms with van der Waals surface area (Å²) >= 11 is 0. The summed E-state index contributed by atoms with van der Waals surface area (Å²) in [5, 5.41) is 9.73. The highest BCUT2D eigenvalue weighted by Gasteiger charge is 2.36. The van der Waals surface area contributed by atoms with Gasteiger partial charge in [-0.2, -0.15) is 0 Å². The van der Waals surface area contributed by atoms with Gasteiger partial charge in [0.05, 0.1) is 0 Å². The topological polar surface area (TPSA) is 74.8 Å². The molecule has 6 nitrogen and oxygen atoms in total. The molecule has 2 aliphatic rings. The van der Waals surface area contributed by atoms with E-state index in [1.807, 2.05) is 0 Å². The lowest BCUT2D eigenvalue weighted by Crippen LogP contribution is -2.43. The molecule has 2 aliphatic carbocycles. The molecule has 0 atom stereocenters. The van der Waals surface area contributed by atoms with E-state index in [1.54, 1.807) is 7.11 Å². The Labute approximate surface area is 158 Å². The van der Waals surface area contributed by atoms with Gasteiger partial charge in [0.1, 0.15) is 0 Å². The van der Waals surface area contributed by atoms with E-state index >= 15 is 0 Å². The molecular weight excluding hydrogens is 328 g/mol. The van der Waals surface area contributed by atoms with Gasteiger partial charge in [-0.25, -0.2) is 0 Å². The fraction of sp³-hybridized carbons (Fsp3) is 0.900. The van der Waals surface area contributed by atoms with E-state index in [0.29, 0.717) is 18.5 Å². The molecule has 0 saturated heterocycles. The fourth-order valence-electron chi connectivity index (χ4n) is 3.95. The zero-order valence-electron chi connectivity index (χ0n) is 16.7. The van der Waals surface area contributed by atoms with Crippen LogP contribution < -0.4 is 16.0 Å². The summed E-state index contributed by atoms with van der Waals surface area (Å²) in [4.78, 5) is 17.0. The molecule has 150 valence electrons. The van der Waals surface area contributed by atoms with E-state index in [9.17, 15) is 4.79 Å². The number of ether oxygens (including phenoxy) is 1. The molecular formula is C20H38N4O2. The fourth-order valence-corrected chi connectivity index (χ4v) is 3.95. The number of hydrogen-bond acceptors (Lipinski definition) is 3. The quantitative estimate of drug-likeness (QED) is 0.315. The molecule has 0 aromatic heterocycles. The van der Waals surface area contributed by atoms with Gasteiger partial charge in [0.15, 0.2) is 5.96 Å². The van der Waals surface area contributed by atoms with E-state index in [2.05, 4.69) is 22.9 Å². The first-order valence-corrected chi connectivity index (χ1v) is 10.5. The third-order valence-electron chi connectivity index (χ3n) is 5.86. The van der Waals surface area contributed by atoms with Gasteiger partial charge in [0.25, 0.3) is 0 Å². The van der Waals surface area contributed by atoms with Crippen molar-refractivity contribution in [3.63, 3.8) is 0 Å². The summed E-state index contributed by atoms with van der Waals surface area (Å²) in [5.41, 5.74) is 0.327. The normalized spacial score (nSPS) is 20.3. The van der Waals surface area contributed by atoms with Crippen LogP contribution in [0.4, 0.5) is 0 Å². The van der Waals surface area contributed by atoms with Gasteiger partial charge in [-0.15, -0.1) is 0 Å². The minimum absolute atomic E-state index is 0.224. The van der Waals surface area contributed by atoms with Gasteiger partial charge in [0.2, 0.25) is 5.91 Å². The SMILES string of the molecule is CCNC(=NCC1(CCOC)CCC1)NCCNC(=O)C1CCCCC1. The zero-order valence-corrected chi connectivity index (χ0v) is 16.7. The van der Waals surface area contributed by atoms with Gasteiger partial charge < -0.3 is 20.7 Å². The Morgan fingerprint density at radius 1 is 1.08 bits per heavy atom. The number of carbonyl (C=O) groups excluding carboxylic acids is 1. The average Bonchev–Trinajstić information content (AvgIpc) is 2.64. The number of aliphatic imine (C=N–C) groups is 1. The van der Waals surface area contributed by atoms with E-state index in [1.165, 1.54) is 38.5 Å². The van der Waals surface area contributed by atoms with E-state index in [-0.39, 0.29) is 11.8 Å². The third-order valence-corrected chi connectivity index (χ3v) is 5.86. The van der Waals surface area contributed by atoms with Crippen LogP contribution >= 0.6 is 0 Å². The van der Waals surface area contributed by atoms with Gasteiger partial charge in [-0.05, 0) is 44.4 Å². The zero-order chi connectivity index (χ0) is 18.7. The second kappa shape index (κ2) is 11.4. The Balaban J connectivity index is 1.70. The smallest absolute Gasteiger partial charge is 0.223 e. The standard InChI is InChI=1S/C20H38N4O2/c1-3-21-19(24-16-20(10-7-11-20)12-15-26-2)23-14-13-22-18(25)17-8-5-4-6-9-17/h17H,3-16H2,1-2H3,(H,22,25)(H2,21,23,24). The van der Waals surface area contributed by atoms with E-state index < -0.39 is 0 Å². The highest BCUT2D eigenvalue weighted by molar-refractivity contribution is 5.80. The minimum atomic E-state index is 0.224. The summed E-state index contributed by atoms with van der Waals surface area (Å²) in [6.07, 6.45) is 10.6. The number of hydrogen-bond donors (Lipinski definition) is 3. The molecule has 2 rings (SSSR count). The molecule has 0 aliphatic heterocycles. The number of rotatable bonds is 10. The van der Waals surface area contributed by atoms with Gasteiger partial charge in [-0.1, -0.05) is 25.7 Å². The molecule has 0 aromatic rings. The number of methoxy groups -OCH3 is 1. The maximum absolute atomic E-state index is 12.2. The molecule has 3 N–H and O–H groups in total. The lowest BCUT2D eigenvalue weighted by atomic mass is 9.67. The lowest BCUT2D eigenvalue weighted by molar-refractivity contribution is -0.125. The number of nitrogens with one attached hydrogen (secondary N) is 3. The van der Waals surface area contributed by atoms with Crippen molar-refractivity contribution >= 4 is 11.9 Å². The van der Waals surface area contributed by atoms with Crippen LogP contribution in [-0.4, -0.2) is 51.8 Å². The van der Waals surface area contributed by atoms with Crippen molar-refractivity contribution in [1.82, 2.24) is 16.0 Å². The Kier molecular flexibility index (Phi) is 9.23. The molecule has 26 heavy (non-hydrogen) atoms. The van der Waals surface area contributed by atoms with Crippen LogP contribution in [0.3, 0.4) is 0 Å². The number of guanidine groups is 1. The maximum atomic E-state index is 12.2. The molecule has 0 unspecified atom stereocenters. The Hall–Kier alpha value is -1.30. The Bertz CT molecular complexity index is 443.